The summed E-state index contributed by atoms with van der Waals surface area (Å²) in [6, 6.07) is 4.27. The molecule has 1 fully saturated rings. The van der Waals surface area contributed by atoms with Crippen molar-refractivity contribution < 1.29 is 19.1 Å². The molecule has 190 valence electrons. The van der Waals surface area contributed by atoms with Gasteiger partial charge in [-0.3, -0.25) is 14.7 Å². The number of nitrogens with zero attached hydrogens (tertiary/aromatic N) is 3. The molecule has 0 saturated carbocycles. The van der Waals surface area contributed by atoms with Crippen LogP contribution in [0.4, 0.5) is 21.9 Å². The van der Waals surface area contributed by atoms with E-state index in [1.54, 1.807) is 18.2 Å². The van der Waals surface area contributed by atoms with E-state index in [4.69, 9.17) is 10.2 Å². The Hall–Kier alpha value is -2.54. The van der Waals surface area contributed by atoms with E-state index < -0.39 is 26.4 Å². The number of nitrogens with one attached hydrogen (secondary N) is 2. The monoisotopic (exact) mass is 564 g/mol. The second kappa shape index (κ2) is 10.6. The highest BCUT2D eigenvalue weighted by atomic mass is 79.9. The second-order valence-corrected chi connectivity index (χ2v) is 15.6. The third-order valence-electron chi connectivity index (χ3n) is 6.59. The smallest absolute Gasteiger partial charge is 0.412 e. The summed E-state index contributed by atoms with van der Waals surface area (Å²) in [5.74, 6) is -0.570. The number of amides is 2. The quantitative estimate of drug-likeness (QED) is 0.300. The molecule has 0 spiro atoms. The van der Waals surface area contributed by atoms with E-state index in [9.17, 15) is 14.7 Å². The number of pyridine rings is 2. The molecule has 2 unspecified atom stereocenters. The third kappa shape index (κ3) is 6.18. The number of piperidine rings is 1. The fourth-order valence-corrected chi connectivity index (χ4v) is 5.39. The van der Waals surface area contributed by atoms with Gasteiger partial charge in [0, 0.05) is 12.7 Å². The van der Waals surface area contributed by atoms with Gasteiger partial charge in [0.05, 0.1) is 35.4 Å². The summed E-state index contributed by atoms with van der Waals surface area (Å²) in [5.41, 5.74) is 6.69. The van der Waals surface area contributed by atoms with Gasteiger partial charge in [0.25, 0.3) is 5.91 Å². The van der Waals surface area contributed by atoms with E-state index in [1.165, 1.54) is 17.3 Å². The molecule has 2 aromatic heterocycles. The Labute approximate surface area is 214 Å². The Morgan fingerprint density at radius 1 is 1.31 bits per heavy atom. The number of carboxylic acid groups (broad SMARTS) is 1. The molecular weight excluding hydrogens is 532 g/mol. The van der Waals surface area contributed by atoms with Gasteiger partial charge in [0.2, 0.25) is 0 Å². The Morgan fingerprint density at radius 2 is 2.03 bits per heavy atom. The van der Waals surface area contributed by atoms with Crippen LogP contribution in [0.5, 0.6) is 0 Å². The lowest BCUT2D eigenvalue weighted by Crippen LogP contribution is -2.60. The molecule has 0 radical (unpaired) electrons. The number of nitrogens with two attached hydrogens (primary N) is 1. The Kier molecular flexibility index (Phi) is 8.20. The number of nitrogen functional groups attached to an aromatic ring is 1. The number of anilines is 3. The molecule has 2 aromatic rings. The number of aromatic nitrogens is 2. The van der Waals surface area contributed by atoms with Crippen LogP contribution < -0.4 is 21.3 Å². The average molecular weight is 566 g/mol. The zero-order chi connectivity index (χ0) is 26.0. The first-order valence-electron chi connectivity index (χ1n) is 11.4. The Morgan fingerprint density at radius 3 is 2.69 bits per heavy atom. The summed E-state index contributed by atoms with van der Waals surface area (Å²) in [6.07, 6.45) is 2.13. The van der Waals surface area contributed by atoms with Crippen molar-refractivity contribution in [3.05, 3.63) is 40.9 Å². The number of hydrogen-bond acceptors (Lipinski definition) is 7. The molecule has 2 amide bonds. The van der Waals surface area contributed by atoms with Gasteiger partial charge in [-0.05, 0) is 65.2 Å². The van der Waals surface area contributed by atoms with Crippen LogP contribution in [0.3, 0.4) is 0 Å². The summed E-state index contributed by atoms with van der Waals surface area (Å²) >= 11 is 3.24. The number of halogens is 1. The van der Waals surface area contributed by atoms with Gasteiger partial charge in [-0.25, -0.2) is 9.78 Å². The van der Waals surface area contributed by atoms with E-state index in [2.05, 4.69) is 70.4 Å². The van der Waals surface area contributed by atoms with Crippen molar-refractivity contribution in [2.75, 3.05) is 29.0 Å². The van der Waals surface area contributed by atoms with Crippen molar-refractivity contribution >= 4 is 53.3 Å². The minimum absolute atomic E-state index is 0.0227. The largest absolute Gasteiger partial charge is 0.465 e. The van der Waals surface area contributed by atoms with Gasteiger partial charge in [-0.2, -0.15) is 0 Å². The van der Waals surface area contributed by atoms with Crippen LogP contribution in [0, 0.1) is 0 Å². The second-order valence-electron chi connectivity index (χ2n) is 10.0. The van der Waals surface area contributed by atoms with Crippen LogP contribution in [-0.2, 0) is 4.43 Å². The maximum absolute atomic E-state index is 13.0. The maximum atomic E-state index is 13.0. The fourth-order valence-electron chi connectivity index (χ4n) is 3.69. The molecule has 2 atom stereocenters. The molecule has 1 aliphatic heterocycles. The van der Waals surface area contributed by atoms with E-state index in [0.29, 0.717) is 23.3 Å². The summed E-state index contributed by atoms with van der Waals surface area (Å²) in [7, 11) is -2.17. The first-order valence-corrected chi connectivity index (χ1v) is 15.1. The normalized spacial score (nSPS) is 18.7. The summed E-state index contributed by atoms with van der Waals surface area (Å²) in [6.45, 7) is 11.9. The van der Waals surface area contributed by atoms with Crippen molar-refractivity contribution in [2.24, 2.45) is 0 Å². The Balaban J connectivity index is 1.96. The van der Waals surface area contributed by atoms with Crippen molar-refractivity contribution in [3.8, 4) is 0 Å². The van der Waals surface area contributed by atoms with Gasteiger partial charge in [-0.15, -0.1) is 0 Å². The van der Waals surface area contributed by atoms with Gasteiger partial charge in [0.1, 0.15) is 4.60 Å². The first kappa shape index (κ1) is 27.1. The molecular formula is C23H33BrN6O4Si. The van der Waals surface area contributed by atoms with Crippen molar-refractivity contribution in [1.82, 2.24) is 15.3 Å². The third-order valence-corrected chi connectivity index (χ3v) is 11.5. The highest BCUT2D eigenvalue weighted by Crippen LogP contribution is 2.39. The first-order chi connectivity index (χ1) is 16.3. The zero-order valence-corrected chi connectivity index (χ0v) is 23.2. The standard InChI is InChI=1S/C23H33BrN6O4Si/c1-23(2,3)35(4,5)34-18-9-11-27-13-17(18)30(22(32)33)16-8-10-26-12-15(16)28-21(31)20-14(25)6-7-19(24)29-20/h6-8,10,12,17-18,27H,9,11,13,25H2,1-5H3,(H,28,31)(H,32,33). The van der Waals surface area contributed by atoms with Crippen LogP contribution >= 0.6 is 15.9 Å². The van der Waals surface area contributed by atoms with Gasteiger partial charge < -0.3 is 25.9 Å². The molecule has 3 rings (SSSR count). The molecule has 0 aromatic carbocycles. The summed E-state index contributed by atoms with van der Waals surface area (Å²) in [4.78, 5) is 35.1. The molecule has 0 aliphatic carbocycles. The number of rotatable bonds is 6. The van der Waals surface area contributed by atoms with E-state index >= 15 is 0 Å². The zero-order valence-electron chi connectivity index (χ0n) is 20.6. The van der Waals surface area contributed by atoms with E-state index in [1.807, 2.05) is 0 Å². The average Bonchev–Trinajstić information content (AvgIpc) is 2.76. The molecule has 3 heterocycles. The number of carbonyl (C=O) groups excluding carboxylic acids is 1. The van der Waals surface area contributed by atoms with Crippen molar-refractivity contribution in [2.45, 2.75) is 57.5 Å². The van der Waals surface area contributed by atoms with E-state index in [-0.39, 0.29) is 28.2 Å². The lowest BCUT2D eigenvalue weighted by atomic mass is 10.0. The van der Waals surface area contributed by atoms with Gasteiger partial charge in [0.15, 0.2) is 14.0 Å². The predicted molar refractivity (Wildman–Crippen MR) is 142 cm³/mol. The van der Waals surface area contributed by atoms with Gasteiger partial charge >= 0.3 is 6.09 Å². The van der Waals surface area contributed by atoms with Gasteiger partial charge in [-0.1, -0.05) is 20.8 Å². The minimum atomic E-state index is -2.17. The lowest BCUT2D eigenvalue weighted by molar-refractivity contribution is 0.102. The van der Waals surface area contributed by atoms with Crippen LogP contribution in [0.2, 0.25) is 18.1 Å². The highest BCUT2D eigenvalue weighted by Gasteiger charge is 2.44. The summed E-state index contributed by atoms with van der Waals surface area (Å²) in [5, 5.41) is 16.3. The molecule has 1 saturated heterocycles. The highest BCUT2D eigenvalue weighted by molar-refractivity contribution is 9.10. The predicted octanol–water partition coefficient (Wildman–Crippen LogP) is 4.31. The summed E-state index contributed by atoms with van der Waals surface area (Å²) < 4.78 is 7.14. The Bertz CT molecular complexity index is 1090. The number of hydrogen-bond donors (Lipinski definition) is 4. The number of carbonyl (C=O) groups is 2. The van der Waals surface area contributed by atoms with Crippen molar-refractivity contribution in [1.29, 1.82) is 0 Å². The topological polar surface area (TPSA) is 143 Å². The van der Waals surface area contributed by atoms with E-state index in [0.717, 1.165) is 6.54 Å². The van der Waals surface area contributed by atoms with Crippen LogP contribution in [-0.4, -0.2) is 60.6 Å². The maximum Gasteiger partial charge on any atom is 0.412 e. The molecule has 5 N–H and O–H groups in total. The molecule has 1 aliphatic rings. The fraction of sp³-hybridized carbons (Fsp3) is 0.478. The minimum Gasteiger partial charge on any atom is -0.465 e. The molecule has 35 heavy (non-hydrogen) atoms. The lowest BCUT2D eigenvalue weighted by Gasteiger charge is -2.45. The van der Waals surface area contributed by atoms with Crippen LogP contribution in [0.15, 0.2) is 35.2 Å². The SMILES string of the molecule is CC(C)(C)[Si](C)(C)OC1CCNCC1N(C(=O)O)c1ccncc1NC(=O)c1nc(Br)ccc1N. The van der Waals surface area contributed by atoms with Crippen LogP contribution in [0.25, 0.3) is 0 Å². The molecule has 0 bridgehead atoms. The van der Waals surface area contributed by atoms with Crippen molar-refractivity contribution in [3.63, 3.8) is 0 Å². The molecule has 10 nitrogen and oxygen atoms in total. The van der Waals surface area contributed by atoms with Crippen LogP contribution in [0.1, 0.15) is 37.7 Å². The molecule has 12 heteroatoms.